The lowest BCUT2D eigenvalue weighted by atomic mass is 10.1. The fraction of sp³-hybridized carbons (Fsp3) is 0.750. The van der Waals surface area contributed by atoms with Gasteiger partial charge in [0.25, 0.3) is 0 Å². The topological polar surface area (TPSA) is 30.2 Å². The van der Waals surface area contributed by atoms with E-state index in [9.17, 15) is 4.79 Å². The number of unbranched alkanes of at least 4 members (excludes halogenated alkanes) is 7. The predicted octanol–water partition coefficient (Wildman–Crippen LogP) is 4.78. The molecule has 0 saturated carbocycles. The average Bonchev–Trinajstić information content (AvgIpc) is 2.76. The maximum Gasteiger partial charge on any atom is 0.603 e. The molecule has 1 rings (SSSR count). The summed E-state index contributed by atoms with van der Waals surface area (Å²) in [6.45, 7) is 6.65. The normalized spacial score (nSPS) is 10.8. The van der Waals surface area contributed by atoms with E-state index >= 15 is 0 Å². The first kappa shape index (κ1) is 17.2. The zero-order valence-corrected chi connectivity index (χ0v) is 13.9. The van der Waals surface area contributed by atoms with E-state index in [1.165, 1.54) is 38.5 Å². The van der Waals surface area contributed by atoms with Gasteiger partial charge < -0.3 is 4.74 Å². The molecule has 1 aromatic heterocycles. The van der Waals surface area contributed by atoms with Crippen molar-refractivity contribution in [3.8, 4) is 0 Å². The molecule has 0 aromatic carbocycles. The van der Waals surface area contributed by atoms with Crippen molar-refractivity contribution in [1.29, 1.82) is 0 Å². The van der Waals surface area contributed by atoms with Crippen molar-refractivity contribution in [2.24, 2.45) is 0 Å². The van der Waals surface area contributed by atoms with Gasteiger partial charge in [-0.2, -0.15) is 4.79 Å². The Morgan fingerprint density at radius 1 is 1.10 bits per heavy atom. The van der Waals surface area contributed by atoms with Crippen LogP contribution in [0.3, 0.4) is 0 Å². The van der Waals surface area contributed by atoms with E-state index in [2.05, 4.69) is 6.92 Å². The van der Waals surface area contributed by atoms with Crippen LogP contribution in [0, 0.1) is 13.8 Å². The number of aromatic nitrogens is 1. The molecule has 1 heterocycles. The molecule has 3 nitrogen and oxygen atoms in total. The summed E-state index contributed by atoms with van der Waals surface area (Å²) in [5, 5.41) is 2.95. The van der Waals surface area contributed by atoms with E-state index in [0.29, 0.717) is 6.61 Å². The quantitative estimate of drug-likeness (QED) is 0.485. The van der Waals surface area contributed by atoms with Gasteiger partial charge in [0, 0.05) is 13.8 Å². The maximum absolute atomic E-state index is 11.9. The Hall–Kier alpha value is -0.900. The Bertz CT molecular complexity index is 382. The van der Waals surface area contributed by atoms with Crippen LogP contribution in [-0.4, -0.2) is 12.7 Å². The van der Waals surface area contributed by atoms with Crippen LogP contribution in [0.25, 0.3) is 0 Å². The number of carbonyl (C=O) groups excluding carboxylic acids is 1. The van der Waals surface area contributed by atoms with E-state index in [4.69, 9.17) is 4.74 Å². The van der Waals surface area contributed by atoms with Gasteiger partial charge >= 0.3 is 6.09 Å². The first-order valence-electron chi connectivity index (χ1n) is 7.80. The average molecular weight is 298 g/mol. The van der Waals surface area contributed by atoms with E-state index < -0.39 is 0 Å². The number of rotatable bonds is 9. The van der Waals surface area contributed by atoms with Gasteiger partial charge in [-0.3, -0.25) is 0 Å². The van der Waals surface area contributed by atoms with Crippen molar-refractivity contribution in [3.05, 3.63) is 16.1 Å². The number of ether oxygens (including phenoxy) is 1. The third-order valence-electron chi connectivity index (χ3n) is 3.47. The van der Waals surface area contributed by atoms with Crippen molar-refractivity contribution in [1.82, 2.24) is 0 Å². The number of aryl methyl sites for hydroxylation is 2. The molecule has 0 N–H and O–H groups in total. The second kappa shape index (κ2) is 9.92. The molecule has 0 radical (unpaired) electrons. The smallest absolute Gasteiger partial charge is 0.411 e. The monoisotopic (exact) mass is 298 g/mol. The molecule has 0 aliphatic heterocycles. The van der Waals surface area contributed by atoms with Crippen LogP contribution in [-0.2, 0) is 4.74 Å². The summed E-state index contributed by atoms with van der Waals surface area (Å²) in [5.74, 6) is 0. The fourth-order valence-electron chi connectivity index (χ4n) is 2.26. The molecule has 0 bridgehead atoms. The highest BCUT2D eigenvalue weighted by atomic mass is 32.1. The van der Waals surface area contributed by atoms with Crippen molar-refractivity contribution >= 4 is 17.4 Å². The summed E-state index contributed by atoms with van der Waals surface area (Å²) in [5.41, 5.74) is 0.952. The summed E-state index contributed by atoms with van der Waals surface area (Å²) in [7, 11) is 0. The Morgan fingerprint density at radius 3 is 2.25 bits per heavy atom. The highest BCUT2D eigenvalue weighted by Crippen LogP contribution is 2.09. The summed E-state index contributed by atoms with van der Waals surface area (Å²) in [4.78, 5) is 11.9. The van der Waals surface area contributed by atoms with Crippen molar-refractivity contribution < 1.29 is 14.1 Å². The fourth-order valence-corrected chi connectivity index (χ4v) is 3.03. The molecular weight excluding hydrogens is 270 g/mol. The Morgan fingerprint density at radius 2 is 1.70 bits per heavy atom. The third-order valence-corrected chi connectivity index (χ3v) is 4.46. The lowest BCUT2D eigenvalue weighted by Crippen LogP contribution is -2.46. The maximum atomic E-state index is 11.9. The van der Waals surface area contributed by atoms with Gasteiger partial charge in [0.15, 0.2) is 0 Å². The molecule has 0 aliphatic rings. The lowest BCUT2D eigenvalue weighted by Gasteiger charge is -2.02. The second-order valence-corrected chi connectivity index (χ2v) is 6.38. The first-order valence-corrected chi connectivity index (χ1v) is 8.68. The Kier molecular flexibility index (Phi) is 8.51. The van der Waals surface area contributed by atoms with E-state index in [0.717, 1.165) is 23.5 Å². The predicted molar refractivity (Wildman–Crippen MR) is 83.3 cm³/mol. The molecule has 20 heavy (non-hydrogen) atoms. The highest BCUT2D eigenvalue weighted by molar-refractivity contribution is 7.09. The molecule has 4 heteroatoms. The number of hydrogen-bond acceptors (Lipinski definition) is 3. The van der Waals surface area contributed by atoms with Crippen LogP contribution in [0.1, 0.15) is 69.0 Å². The van der Waals surface area contributed by atoms with Gasteiger partial charge in [-0.15, -0.1) is 0 Å². The van der Waals surface area contributed by atoms with Crippen molar-refractivity contribution in [3.63, 3.8) is 0 Å². The molecule has 114 valence electrons. The number of nitrogens with zero attached hydrogens (tertiary/aromatic N) is 1. The molecule has 0 spiro atoms. The summed E-state index contributed by atoms with van der Waals surface area (Å²) in [6.07, 6.45) is 9.83. The Balaban J connectivity index is 2.06. The van der Waals surface area contributed by atoms with Gasteiger partial charge in [0.05, 0.1) is 12.0 Å². The summed E-state index contributed by atoms with van der Waals surface area (Å²) in [6, 6.07) is 0. The summed E-state index contributed by atoms with van der Waals surface area (Å²) < 4.78 is 6.97. The summed E-state index contributed by atoms with van der Waals surface area (Å²) >= 11 is 1.58. The SMILES string of the molecule is CCCCCCCCCCOC(=O)[n+]1c(C)csc1C. The molecule has 0 atom stereocenters. The van der Waals surface area contributed by atoms with E-state index in [1.54, 1.807) is 15.9 Å². The Labute approximate surface area is 127 Å². The molecule has 0 amide bonds. The number of carbonyl (C=O) groups is 1. The van der Waals surface area contributed by atoms with Gasteiger partial charge in [-0.1, -0.05) is 67.8 Å². The number of hydrogen-bond donors (Lipinski definition) is 0. The van der Waals surface area contributed by atoms with Crippen molar-refractivity contribution in [2.75, 3.05) is 6.61 Å². The van der Waals surface area contributed by atoms with Gasteiger partial charge in [0.2, 0.25) is 10.7 Å². The highest BCUT2D eigenvalue weighted by Gasteiger charge is 2.24. The minimum atomic E-state index is -0.232. The second-order valence-electron chi connectivity index (χ2n) is 5.32. The molecular formula is C16H28NO2S+. The number of thiazole rings is 1. The minimum Gasteiger partial charge on any atom is -0.411 e. The van der Waals surface area contributed by atoms with Gasteiger partial charge in [-0.25, -0.2) is 0 Å². The van der Waals surface area contributed by atoms with Crippen LogP contribution < -0.4 is 4.57 Å². The van der Waals surface area contributed by atoms with Crippen LogP contribution in [0.5, 0.6) is 0 Å². The molecule has 0 unspecified atom stereocenters. The van der Waals surface area contributed by atoms with Crippen LogP contribution >= 0.6 is 11.3 Å². The van der Waals surface area contributed by atoms with E-state index in [-0.39, 0.29) is 6.09 Å². The van der Waals surface area contributed by atoms with Gasteiger partial charge in [-0.05, 0) is 6.42 Å². The largest absolute Gasteiger partial charge is 0.603 e. The van der Waals surface area contributed by atoms with Crippen molar-refractivity contribution in [2.45, 2.75) is 72.1 Å². The van der Waals surface area contributed by atoms with Crippen LogP contribution in [0.4, 0.5) is 4.79 Å². The zero-order chi connectivity index (χ0) is 14.8. The third kappa shape index (κ3) is 6.04. The van der Waals surface area contributed by atoms with E-state index in [1.807, 2.05) is 19.2 Å². The van der Waals surface area contributed by atoms with Gasteiger partial charge in [0.1, 0.15) is 0 Å². The minimum absolute atomic E-state index is 0.232. The molecule has 0 saturated heterocycles. The van der Waals surface area contributed by atoms with Crippen LogP contribution in [0.2, 0.25) is 0 Å². The molecule has 0 fully saturated rings. The first-order chi connectivity index (χ1) is 9.66. The zero-order valence-electron chi connectivity index (χ0n) is 13.1. The molecule has 1 aromatic rings. The standard InChI is InChI=1S/C16H28NO2S/c1-4-5-6-7-8-9-10-11-12-19-16(18)17-14(2)13-20-15(17)3/h13H,4-12H2,1-3H3/q+1. The van der Waals surface area contributed by atoms with Crippen LogP contribution in [0.15, 0.2) is 5.38 Å². The molecule has 0 aliphatic carbocycles. The lowest BCUT2D eigenvalue weighted by molar-refractivity contribution is -0.593.